The number of hydrogen-bond donors (Lipinski definition) is 2. The van der Waals surface area contributed by atoms with Gasteiger partial charge in [0, 0.05) is 5.92 Å². The molecule has 0 amide bonds. The second-order valence-corrected chi connectivity index (χ2v) is 4.56. The quantitative estimate of drug-likeness (QED) is 0.849. The van der Waals surface area contributed by atoms with E-state index in [1.807, 2.05) is 0 Å². The summed E-state index contributed by atoms with van der Waals surface area (Å²) in [4.78, 5) is 11.3. The van der Waals surface area contributed by atoms with Crippen LogP contribution in [0.15, 0.2) is 24.3 Å². The minimum absolute atomic E-state index is 0.262. The van der Waals surface area contributed by atoms with E-state index in [2.05, 4.69) is 0 Å². The van der Waals surface area contributed by atoms with Crippen molar-refractivity contribution in [2.45, 2.75) is 31.3 Å². The van der Waals surface area contributed by atoms with Crippen molar-refractivity contribution in [3.8, 4) is 0 Å². The minimum atomic E-state index is -1.88. The van der Waals surface area contributed by atoms with Gasteiger partial charge in [0.2, 0.25) is 0 Å². The summed E-state index contributed by atoms with van der Waals surface area (Å²) in [6.45, 7) is 0. The summed E-state index contributed by atoms with van der Waals surface area (Å²) >= 11 is 0. The van der Waals surface area contributed by atoms with Crippen LogP contribution in [0.1, 0.15) is 31.2 Å². The average Bonchev–Trinajstić information content (AvgIpc) is 2.82. The molecule has 1 aromatic carbocycles. The van der Waals surface area contributed by atoms with E-state index in [1.165, 1.54) is 24.3 Å². The van der Waals surface area contributed by atoms with Crippen molar-refractivity contribution in [3.63, 3.8) is 0 Å². The van der Waals surface area contributed by atoms with Crippen LogP contribution in [0.5, 0.6) is 0 Å². The van der Waals surface area contributed by atoms with Crippen LogP contribution >= 0.6 is 0 Å². The highest BCUT2D eigenvalue weighted by molar-refractivity contribution is 5.79. The van der Waals surface area contributed by atoms with Gasteiger partial charge >= 0.3 is 5.97 Å². The molecule has 1 aliphatic carbocycles. The molecule has 1 aliphatic rings. The summed E-state index contributed by atoms with van der Waals surface area (Å²) in [5, 5.41) is 19.7. The Bertz CT molecular complexity index is 409. The molecule has 1 aromatic rings. The second-order valence-electron chi connectivity index (χ2n) is 4.56. The highest BCUT2D eigenvalue weighted by atomic mass is 19.1. The maximum atomic E-state index is 12.8. The zero-order chi connectivity index (χ0) is 12.5. The maximum absolute atomic E-state index is 12.8. The van der Waals surface area contributed by atoms with Gasteiger partial charge in [-0.05, 0) is 30.5 Å². The van der Waals surface area contributed by atoms with E-state index < -0.39 is 17.4 Å². The highest BCUT2D eigenvalue weighted by Gasteiger charge is 2.46. The Kier molecular flexibility index (Phi) is 3.15. The molecule has 0 radical (unpaired) electrons. The van der Waals surface area contributed by atoms with Crippen LogP contribution in [-0.2, 0) is 10.4 Å². The fourth-order valence-electron chi connectivity index (χ4n) is 2.58. The second kappa shape index (κ2) is 4.45. The first-order valence-corrected chi connectivity index (χ1v) is 5.77. The lowest BCUT2D eigenvalue weighted by Gasteiger charge is -2.30. The highest BCUT2D eigenvalue weighted by Crippen LogP contribution is 2.40. The summed E-state index contributed by atoms with van der Waals surface area (Å²) in [5.74, 6) is -1.98. The van der Waals surface area contributed by atoms with E-state index in [1.54, 1.807) is 0 Å². The number of carboxylic acid groups (broad SMARTS) is 1. The smallest absolute Gasteiger partial charge is 0.340 e. The maximum Gasteiger partial charge on any atom is 0.340 e. The summed E-state index contributed by atoms with van der Waals surface area (Å²) in [6, 6.07) is 5.06. The molecule has 1 unspecified atom stereocenters. The number of carboxylic acids is 1. The van der Waals surface area contributed by atoms with E-state index in [0.717, 1.165) is 12.8 Å². The average molecular weight is 238 g/mol. The van der Waals surface area contributed by atoms with Gasteiger partial charge in [0.25, 0.3) is 0 Å². The lowest BCUT2D eigenvalue weighted by molar-refractivity contribution is -0.166. The SMILES string of the molecule is O=C(O)C(O)(c1ccc(F)cc1)C1CCCC1. The number of hydrogen-bond acceptors (Lipinski definition) is 2. The molecule has 0 heterocycles. The minimum Gasteiger partial charge on any atom is -0.479 e. The number of halogens is 1. The molecule has 0 aliphatic heterocycles. The third kappa shape index (κ3) is 2.05. The van der Waals surface area contributed by atoms with Gasteiger partial charge < -0.3 is 10.2 Å². The molecule has 3 nitrogen and oxygen atoms in total. The summed E-state index contributed by atoms with van der Waals surface area (Å²) in [6.07, 6.45) is 3.25. The van der Waals surface area contributed by atoms with Crippen molar-refractivity contribution in [1.82, 2.24) is 0 Å². The van der Waals surface area contributed by atoms with Crippen molar-refractivity contribution in [2.24, 2.45) is 5.92 Å². The van der Waals surface area contributed by atoms with E-state index in [0.29, 0.717) is 12.8 Å². The fourth-order valence-corrected chi connectivity index (χ4v) is 2.58. The monoisotopic (exact) mass is 238 g/mol. The van der Waals surface area contributed by atoms with E-state index in [-0.39, 0.29) is 11.5 Å². The third-order valence-corrected chi connectivity index (χ3v) is 3.56. The molecule has 0 bridgehead atoms. The Morgan fingerprint density at radius 1 is 1.24 bits per heavy atom. The zero-order valence-corrected chi connectivity index (χ0v) is 9.40. The molecule has 2 rings (SSSR count). The van der Waals surface area contributed by atoms with Crippen molar-refractivity contribution in [3.05, 3.63) is 35.6 Å². The van der Waals surface area contributed by atoms with Crippen LogP contribution < -0.4 is 0 Å². The molecule has 2 N–H and O–H groups in total. The van der Waals surface area contributed by atoms with Gasteiger partial charge in [0.1, 0.15) is 5.82 Å². The Morgan fingerprint density at radius 2 is 1.76 bits per heavy atom. The molecule has 92 valence electrons. The fraction of sp³-hybridized carbons (Fsp3) is 0.462. The normalized spacial score (nSPS) is 20.1. The van der Waals surface area contributed by atoms with Crippen LogP contribution in [0.25, 0.3) is 0 Å². The summed E-state index contributed by atoms with van der Waals surface area (Å²) < 4.78 is 12.8. The first kappa shape index (κ1) is 12.0. The molecule has 0 saturated heterocycles. The van der Waals surface area contributed by atoms with E-state index in [9.17, 15) is 19.4 Å². The van der Waals surface area contributed by atoms with Crippen molar-refractivity contribution < 1.29 is 19.4 Å². The van der Waals surface area contributed by atoms with Gasteiger partial charge in [-0.15, -0.1) is 0 Å². The first-order valence-electron chi connectivity index (χ1n) is 5.77. The Labute approximate surface area is 98.9 Å². The number of aliphatic carboxylic acids is 1. The molecule has 1 atom stereocenters. The van der Waals surface area contributed by atoms with Crippen molar-refractivity contribution in [1.29, 1.82) is 0 Å². The topological polar surface area (TPSA) is 57.5 Å². The summed E-state index contributed by atoms with van der Waals surface area (Å²) in [7, 11) is 0. The molecular formula is C13H15FO3. The Balaban J connectivity index is 2.39. The molecule has 0 aromatic heterocycles. The van der Waals surface area contributed by atoms with Crippen molar-refractivity contribution in [2.75, 3.05) is 0 Å². The van der Waals surface area contributed by atoms with Crippen LogP contribution in [0.3, 0.4) is 0 Å². The van der Waals surface area contributed by atoms with Crippen LogP contribution in [0, 0.1) is 11.7 Å². The number of aliphatic hydroxyl groups is 1. The number of carbonyl (C=O) groups is 1. The van der Waals surface area contributed by atoms with Crippen molar-refractivity contribution >= 4 is 5.97 Å². The molecule has 17 heavy (non-hydrogen) atoms. The van der Waals surface area contributed by atoms with Crippen LogP contribution in [0.2, 0.25) is 0 Å². The lowest BCUT2D eigenvalue weighted by Crippen LogP contribution is -2.42. The number of rotatable bonds is 3. The van der Waals surface area contributed by atoms with Gasteiger partial charge in [-0.2, -0.15) is 0 Å². The van der Waals surface area contributed by atoms with Gasteiger partial charge in [0.15, 0.2) is 5.60 Å². The molecule has 0 spiro atoms. The van der Waals surface area contributed by atoms with Gasteiger partial charge in [-0.1, -0.05) is 25.0 Å². The molecular weight excluding hydrogens is 223 g/mol. The first-order chi connectivity index (χ1) is 8.05. The Hall–Kier alpha value is -1.42. The van der Waals surface area contributed by atoms with E-state index in [4.69, 9.17) is 0 Å². The van der Waals surface area contributed by atoms with Gasteiger partial charge in [0.05, 0.1) is 0 Å². The molecule has 4 heteroatoms. The van der Waals surface area contributed by atoms with Gasteiger partial charge in [-0.25, -0.2) is 9.18 Å². The number of benzene rings is 1. The summed E-state index contributed by atoms with van der Waals surface area (Å²) in [5.41, 5.74) is -1.62. The van der Waals surface area contributed by atoms with Crippen LogP contribution in [0.4, 0.5) is 4.39 Å². The van der Waals surface area contributed by atoms with Gasteiger partial charge in [-0.3, -0.25) is 0 Å². The third-order valence-electron chi connectivity index (χ3n) is 3.56. The lowest BCUT2D eigenvalue weighted by atomic mass is 9.80. The van der Waals surface area contributed by atoms with Crippen LogP contribution in [-0.4, -0.2) is 16.2 Å². The Morgan fingerprint density at radius 3 is 2.24 bits per heavy atom. The molecule has 1 fully saturated rings. The zero-order valence-electron chi connectivity index (χ0n) is 9.40. The van der Waals surface area contributed by atoms with E-state index >= 15 is 0 Å². The predicted molar refractivity (Wildman–Crippen MR) is 59.9 cm³/mol. The largest absolute Gasteiger partial charge is 0.479 e. The molecule has 1 saturated carbocycles. The standard InChI is InChI=1S/C13H15FO3/c14-11-7-5-10(6-8-11)13(17,12(15)16)9-3-1-2-4-9/h5-9,17H,1-4H2,(H,15,16). The predicted octanol–water partition coefficient (Wildman–Crippen LogP) is 2.29.